The highest BCUT2D eigenvalue weighted by Crippen LogP contribution is 2.36. The molecule has 1 saturated carbocycles. The topological polar surface area (TPSA) is 74.1 Å². The van der Waals surface area contributed by atoms with Crippen LogP contribution in [-0.2, 0) is 0 Å². The third-order valence-electron chi connectivity index (χ3n) is 5.29. The fraction of sp³-hybridized carbons (Fsp3) is 0.375. The Morgan fingerprint density at radius 2 is 1.93 bits per heavy atom. The van der Waals surface area contributed by atoms with Gasteiger partial charge in [0.1, 0.15) is 34.8 Å². The fourth-order valence-electron chi connectivity index (χ4n) is 3.84. The lowest BCUT2D eigenvalue weighted by Gasteiger charge is -2.16. The monoisotopic (exact) mass is 418 g/mol. The fourth-order valence-corrected chi connectivity index (χ4v) is 4.43. The second kappa shape index (κ2) is 10.2. The molecule has 2 aromatic heterocycles. The Kier molecular flexibility index (Phi) is 7.38. The number of thioether (sulfide) groups is 1. The number of benzene rings is 1. The molecule has 2 heterocycles. The van der Waals surface area contributed by atoms with Crippen molar-refractivity contribution in [1.29, 1.82) is 10.5 Å². The predicted molar refractivity (Wildman–Crippen MR) is 121 cm³/mol. The summed E-state index contributed by atoms with van der Waals surface area (Å²) in [5.41, 5.74) is 3.52. The molecule has 4 rings (SSSR count). The Hall–Kier alpha value is -2.96. The number of imidazole rings is 1. The molecule has 30 heavy (non-hydrogen) atoms. The molecule has 154 valence electrons. The van der Waals surface area contributed by atoms with Gasteiger partial charge in [0.05, 0.1) is 18.5 Å². The molecule has 0 saturated heterocycles. The Labute approximate surface area is 182 Å². The van der Waals surface area contributed by atoms with Crippen LogP contribution >= 0.6 is 11.8 Å². The number of ether oxygens (including phenoxy) is 1. The van der Waals surface area contributed by atoms with Crippen molar-refractivity contribution in [3.8, 4) is 29.1 Å². The van der Waals surface area contributed by atoms with Crippen LogP contribution in [0.15, 0.2) is 41.4 Å². The summed E-state index contributed by atoms with van der Waals surface area (Å²) in [5, 5.41) is 19.2. The third kappa shape index (κ3) is 4.30. The van der Waals surface area contributed by atoms with Crippen molar-refractivity contribution in [3.63, 3.8) is 0 Å². The maximum atomic E-state index is 9.69. The number of nitriles is 2. The highest BCUT2D eigenvalue weighted by Gasteiger charge is 2.19. The van der Waals surface area contributed by atoms with Gasteiger partial charge in [-0.2, -0.15) is 10.5 Å². The SMILES string of the molecule is CC.CSc1cc(-c2cnc3cccc(C#N)n23)cc(OCC2CCCC2)c1C#N. The van der Waals surface area contributed by atoms with Gasteiger partial charge < -0.3 is 4.74 Å². The summed E-state index contributed by atoms with van der Waals surface area (Å²) in [4.78, 5) is 5.31. The van der Waals surface area contributed by atoms with Gasteiger partial charge >= 0.3 is 0 Å². The van der Waals surface area contributed by atoms with Crippen LogP contribution in [0.25, 0.3) is 16.9 Å². The number of fused-ring (bicyclic) bond motifs is 1. The summed E-state index contributed by atoms with van der Waals surface area (Å²) in [6.45, 7) is 4.64. The molecule has 1 aromatic carbocycles. The van der Waals surface area contributed by atoms with Gasteiger partial charge in [0.25, 0.3) is 0 Å². The van der Waals surface area contributed by atoms with Gasteiger partial charge in [-0.1, -0.05) is 32.8 Å². The van der Waals surface area contributed by atoms with Crippen LogP contribution < -0.4 is 4.74 Å². The van der Waals surface area contributed by atoms with E-state index >= 15 is 0 Å². The second-order valence-corrected chi connectivity index (χ2v) is 7.83. The Bertz CT molecular complexity index is 1100. The lowest BCUT2D eigenvalue weighted by atomic mass is 10.1. The standard InChI is InChI=1S/C22H20N4OS.C2H6/c1-28-21-10-16(19-13-25-22-8-4-7-17(11-23)26(19)22)9-20(18(21)12-24)27-14-15-5-2-3-6-15;1-2/h4,7-10,13,15H,2-3,5-6,14H2,1H3;1-2H3. The minimum atomic E-state index is 0.522. The van der Waals surface area contributed by atoms with Crippen molar-refractivity contribution in [2.75, 3.05) is 12.9 Å². The predicted octanol–water partition coefficient (Wildman–Crippen LogP) is 6.06. The lowest BCUT2D eigenvalue weighted by molar-refractivity contribution is 0.251. The average Bonchev–Trinajstić information content (AvgIpc) is 3.48. The summed E-state index contributed by atoms with van der Waals surface area (Å²) >= 11 is 1.52. The quantitative estimate of drug-likeness (QED) is 0.471. The molecule has 0 bridgehead atoms. The lowest BCUT2D eigenvalue weighted by Crippen LogP contribution is -2.09. The van der Waals surface area contributed by atoms with Gasteiger partial charge in [0.15, 0.2) is 0 Å². The van der Waals surface area contributed by atoms with Crippen LogP contribution in [0, 0.1) is 28.6 Å². The molecule has 0 N–H and O–H groups in total. The molecule has 1 fully saturated rings. The molecule has 0 amide bonds. The first kappa shape index (κ1) is 21.7. The van der Waals surface area contributed by atoms with Crippen LogP contribution in [0.5, 0.6) is 5.75 Å². The van der Waals surface area contributed by atoms with E-state index in [1.807, 2.05) is 48.8 Å². The molecular formula is C24H26N4OS. The molecule has 1 aliphatic rings. The first-order valence-corrected chi connectivity index (χ1v) is 11.6. The molecule has 6 heteroatoms. The molecule has 0 radical (unpaired) electrons. The van der Waals surface area contributed by atoms with E-state index in [0.29, 0.717) is 29.5 Å². The summed E-state index contributed by atoms with van der Waals surface area (Å²) < 4.78 is 7.97. The molecule has 0 atom stereocenters. The van der Waals surface area contributed by atoms with Crippen LogP contribution in [0.3, 0.4) is 0 Å². The number of aromatic nitrogens is 2. The Morgan fingerprint density at radius 1 is 1.17 bits per heavy atom. The molecule has 3 aromatic rings. The number of rotatable bonds is 5. The first-order valence-electron chi connectivity index (χ1n) is 10.4. The summed E-state index contributed by atoms with van der Waals surface area (Å²) in [6, 6.07) is 13.9. The first-order chi connectivity index (χ1) is 14.7. The van der Waals surface area contributed by atoms with Gasteiger partial charge in [-0.3, -0.25) is 4.40 Å². The van der Waals surface area contributed by atoms with Crippen LogP contribution in [-0.4, -0.2) is 22.2 Å². The van der Waals surface area contributed by atoms with Crippen molar-refractivity contribution in [2.45, 2.75) is 44.4 Å². The minimum absolute atomic E-state index is 0.522. The van der Waals surface area contributed by atoms with E-state index in [4.69, 9.17) is 4.74 Å². The molecule has 0 unspecified atom stereocenters. The summed E-state index contributed by atoms with van der Waals surface area (Å²) in [6.07, 6.45) is 8.62. The van der Waals surface area contributed by atoms with Gasteiger partial charge in [-0.25, -0.2) is 4.98 Å². The molecule has 0 aliphatic heterocycles. The Morgan fingerprint density at radius 3 is 2.60 bits per heavy atom. The van der Waals surface area contributed by atoms with E-state index in [1.165, 1.54) is 37.4 Å². The zero-order valence-electron chi connectivity index (χ0n) is 17.7. The van der Waals surface area contributed by atoms with E-state index in [9.17, 15) is 10.5 Å². The highest BCUT2D eigenvalue weighted by atomic mass is 32.2. The minimum Gasteiger partial charge on any atom is -0.492 e. The van der Waals surface area contributed by atoms with Crippen molar-refractivity contribution >= 4 is 17.4 Å². The highest BCUT2D eigenvalue weighted by molar-refractivity contribution is 7.98. The van der Waals surface area contributed by atoms with Crippen molar-refractivity contribution in [3.05, 3.63) is 47.8 Å². The second-order valence-electron chi connectivity index (χ2n) is 6.98. The van der Waals surface area contributed by atoms with Gasteiger partial charge in [0, 0.05) is 10.5 Å². The summed E-state index contributed by atoms with van der Waals surface area (Å²) in [7, 11) is 0. The molecular weight excluding hydrogens is 392 g/mol. The van der Waals surface area contributed by atoms with Crippen molar-refractivity contribution < 1.29 is 4.74 Å². The third-order valence-corrected chi connectivity index (χ3v) is 6.05. The number of nitrogens with zero attached hydrogens (tertiary/aromatic N) is 4. The van der Waals surface area contributed by atoms with Crippen molar-refractivity contribution in [2.24, 2.45) is 5.92 Å². The van der Waals surface area contributed by atoms with Gasteiger partial charge in [-0.15, -0.1) is 11.8 Å². The van der Waals surface area contributed by atoms with Crippen LogP contribution in [0.1, 0.15) is 50.8 Å². The molecule has 0 spiro atoms. The normalized spacial score (nSPS) is 13.4. The largest absolute Gasteiger partial charge is 0.492 e. The number of pyridine rings is 1. The number of hydrogen-bond acceptors (Lipinski definition) is 5. The van der Waals surface area contributed by atoms with E-state index in [-0.39, 0.29) is 0 Å². The maximum Gasteiger partial charge on any atom is 0.138 e. The van der Waals surface area contributed by atoms with Crippen molar-refractivity contribution in [1.82, 2.24) is 9.38 Å². The molecule has 5 nitrogen and oxygen atoms in total. The van der Waals surface area contributed by atoms with Crippen LogP contribution in [0.2, 0.25) is 0 Å². The average molecular weight is 419 g/mol. The van der Waals surface area contributed by atoms with Gasteiger partial charge in [-0.05, 0) is 49.3 Å². The van der Waals surface area contributed by atoms with E-state index in [1.54, 1.807) is 12.3 Å². The van der Waals surface area contributed by atoms with E-state index < -0.39 is 0 Å². The van der Waals surface area contributed by atoms with Gasteiger partial charge in [0.2, 0.25) is 0 Å². The van der Waals surface area contributed by atoms with E-state index in [2.05, 4.69) is 17.1 Å². The Balaban J connectivity index is 0.00000124. The smallest absolute Gasteiger partial charge is 0.138 e. The maximum absolute atomic E-state index is 9.69. The number of hydrogen-bond donors (Lipinski definition) is 0. The van der Waals surface area contributed by atoms with Crippen LogP contribution in [0.4, 0.5) is 0 Å². The molecule has 1 aliphatic carbocycles. The van der Waals surface area contributed by atoms with E-state index in [0.717, 1.165) is 21.8 Å². The summed E-state index contributed by atoms with van der Waals surface area (Å²) in [5.74, 6) is 1.18. The zero-order valence-corrected chi connectivity index (χ0v) is 18.5. The zero-order chi connectivity index (χ0) is 21.5.